The van der Waals surface area contributed by atoms with E-state index in [-0.39, 0.29) is 11.7 Å². The summed E-state index contributed by atoms with van der Waals surface area (Å²) in [6.45, 7) is 1.82. The van der Waals surface area contributed by atoms with Crippen LogP contribution in [0.2, 0.25) is 0 Å². The molecule has 3 nitrogen and oxygen atoms in total. The van der Waals surface area contributed by atoms with Gasteiger partial charge < -0.3 is 10.0 Å². The predicted octanol–water partition coefficient (Wildman–Crippen LogP) is 2.33. The van der Waals surface area contributed by atoms with Gasteiger partial charge in [0.1, 0.15) is 5.75 Å². The number of rotatable bonds is 2. The molecule has 1 aliphatic carbocycles. The number of hydrogen-bond donors (Lipinski definition) is 1. The number of carbonyl (C=O) groups is 1. The third-order valence-electron chi connectivity index (χ3n) is 3.40. The second-order valence-electron chi connectivity index (χ2n) is 4.50. The fourth-order valence-corrected chi connectivity index (χ4v) is 1.89. The molecule has 0 atom stereocenters. The molecule has 1 saturated carbocycles. The highest BCUT2D eigenvalue weighted by Gasteiger charge is 2.26. The average Bonchev–Trinajstić information content (AvgIpc) is 2.18. The van der Waals surface area contributed by atoms with Crippen LogP contribution in [0.4, 0.5) is 0 Å². The van der Waals surface area contributed by atoms with Gasteiger partial charge >= 0.3 is 0 Å². The number of phenols is 1. The minimum atomic E-state index is 0.000000000000000444. The summed E-state index contributed by atoms with van der Waals surface area (Å²) in [4.78, 5) is 13.8. The number of benzene rings is 1. The number of amides is 1. The van der Waals surface area contributed by atoms with Crippen molar-refractivity contribution in [3.63, 3.8) is 0 Å². The molecule has 0 spiro atoms. The van der Waals surface area contributed by atoms with Crippen molar-refractivity contribution in [3.8, 4) is 5.75 Å². The zero-order valence-corrected chi connectivity index (χ0v) is 9.73. The Kier molecular flexibility index (Phi) is 2.86. The van der Waals surface area contributed by atoms with E-state index in [4.69, 9.17) is 0 Å². The molecule has 0 heterocycles. The standard InChI is InChI=1S/C13H17NO2/c1-9-6-7-10(8-12(9)15)13(16)14(2)11-4-3-5-11/h6-8,11,15H,3-5H2,1-2H3. The lowest BCUT2D eigenvalue weighted by molar-refractivity contribution is 0.0651. The molecule has 3 heteroatoms. The molecule has 1 N–H and O–H groups in total. The normalized spacial score (nSPS) is 15.6. The maximum atomic E-state index is 12.1. The summed E-state index contributed by atoms with van der Waals surface area (Å²) in [6.07, 6.45) is 3.40. The fourth-order valence-electron chi connectivity index (χ4n) is 1.89. The lowest BCUT2D eigenvalue weighted by Crippen LogP contribution is -2.41. The van der Waals surface area contributed by atoms with E-state index in [0.717, 1.165) is 18.4 Å². The van der Waals surface area contributed by atoms with Gasteiger partial charge in [0.15, 0.2) is 0 Å². The lowest BCUT2D eigenvalue weighted by Gasteiger charge is -2.34. The van der Waals surface area contributed by atoms with Gasteiger partial charge in [0, 0.05) is 18.7 Å². The Labute approximate surface area is 95.7 Å². The third-order valence-corrected chi connectivity index (χ3v) is 3.40. The van der Waals surface area contributed by atoms with E-state index < -0.39 is 0 Å². The van der Waals surface area contributed by atoms with Crippen molar-refractivity contribution < 1.29 is 9.90 Å². The van der Waals surface area contributed by atoms with Crippen LogP contribution in [-0.4, -0.2) is 29.0 Å². The van der Waals surface area contributed by atoms with E-state index in [1.54, 1.807) is 23.1 Å². The van der Waals surface area contributed by atoms with E-state index in [9.17, 15) is 9.90 Å². The fraction of sp³-hybridized carbons (Fsp3) is 0.462. The molecule has 1 amide bonds. The van der Waals surface area contributed by atoms with Gasteiger partial charge in [0.2, 0.25) is 0 Å². The van der Waals surface area contributed by atoms with Crippen LogP contribution in [-0.2, 0) is 0 Å². The first-order valence-electron chi connectivity index (χ1n) is 5.66. The van der Waals surface area contributed by atoms with Crippen LogP contribution in [0.3, 0.4) is 0 Å². The molecule has 0 unspecified atom stereocenters. The number of nitrogens with zero attached hydrogens (tertiary/aromatic N) is 1. The van der Waals surface area contributed by atoms with Gasteiger partial charge in [-0.1, -0.05) is 6.07 Å². The Morgan fingerprint density at radius 3 is 2.62 bits per heavy atom. The Morgan fingerprint density at radius 1 is 1.44 bits per heavy atom. The largest absolute Gasteiger partial charge is 0.508 e. The summed E-state index contributed by atoms with van der Waals surface area (Å²) >= 11 is 0. The number of hydrogen-bond acceptors (Lipinski definition) is 2. The van der Waals surface area contributed by atoms with Crippen molar-refractivity contribution in [1.29, 1.82) is 0 Å². The topological polar surface area (TPSA) is 40.5 Å². The summed E-state index contributed by atoms with van der Waals surface area (Å²) in [6, 6.07) is 5.48. The van der Waals surface area contributed by atoms with Crippen molar-refractivity contribution in [1.82, 2.24) is 4.90 Å². The van der Waals surface area contributed by atoms with Gasteiger partial charge in [-0.3, -0.25) is 4.79 Å². The first-order chi connectivity index (χ1) is 7.59. The SMILES string of the molecule is Cc1ccc(C(=O)N(C)C2CCC2)cc1O. The highest BCUT2D eigenvalue weighted by Crippen LogP contribution is 2.26. The molecule has 16 heavy (non-hydrogen) atoms. The van der Waals surface area contributed by atoms with E-state index in [2.05, 4.69) is 0 Å². The second kappa shape index (κ2) is 4.16. The van der Waals surface area contributed by atoms with E-state index in [1.165, 1.54) is 6.42 Å². The number of carbonyl (C=O) groups excluding carboxylic acids is 1. The highest BCUT2D eigenvalue weighted by molar-refractivity contribution is 5.94. The van der Waals surface area contributed by atoms with Gasteiger partial charge in [-0.2, -0.15) is 0 Å². The zero-order chi connectivity index (χ0) is 11.7. The minimum absolute atomic E-state index is 0.000000000000000444. The number of aromatic hydroxyl groups is 1. The molecule has 0 aliphatic heterocycles. The average molecular weight is 219 g/mol. The molecule has 86 valence electrons. The molecule has 0 saturated heterocycles. The molecule has 1 aromatic carbocycles. The van der Waals surface area contributed by atoms with Crippen molar-refractivity contribution in [2.45, 2.75) is 32.2 Å². The summed E-state index contributed by atoms with van der Waals surface area (Å²) < 4.78 is 0. The molecule has 1 aromatic rings. The third kappa shape index (κ3) is 1.90. The molecule has 1 aliphatic rings. The van der Waals surface area contributed by atoms with Gasteiger partial charge in [-0.15, -0.1) is 0 Å². The first kappa shape index (κ1) is 11.0. The Balaban J connectivity index is 2.16. The van der Waals surface area contributed by atoms with Crippen LogP contribution < -0.4 is 0 Å². The molecule has 0 aromatic heterocycles. The van der Waals surface area contributed by atoms with Crippen LogP contribution in [0.1, 0.15) is 35.2 Å². The maximum Gasteiger partial charge on any atom is 0.253 e. The monoisotopic (exact) mass is 219 g/mol. The van der Waals surface area contributed by atoms with Crippen molar-refractivity contribution >= 4 is 5.91 Å². The smallest absolute Gasteiger partial charge is 0.253 e. The molecule has 2 rings (SSSR count). The summed E-state index contributed by atoms with van der Waals surface area (Å²) in [5, 5.41) is 9.57. The van der Waals surface area contributed by atoms with Crippen LogP contribution >= 0.6 is 0 Å². The second-order valence-corrected chi connectivity index (χ2v) is 4.50. The minimum Gasteiger partial charge on any atom is -0.508 e. The summed E-state index contributed by atoms with van der Waals surface area (Å²) in [5.41, 5.74) is 1.36. The van der Waals surface area contributed by atoms with Crippen LogP contribution in [0.15, 0.2) is 18.2 Å². The Hall–Kier alpha value is -1.51. The number of phenolic OH excluding ortho intramolecular Hbond substituents is 1. The van der Waals surface area contributed by atoms with E-state index in [0.29, 0.717) is 11.6 Å². The Bertz CT molecular complexity index is 410. The molecule has 0 bridgehead atoms. The summed E-state index contributed by atoms with van der Waals surface area (Å²) in [5.74, 6) is 0.188. The van der Waals surface area contributed by atoms with Crippen LogP contribution in [0.5, 0.6) is 5.75 Å². The van der Waals surface area contributed by atoms with E-state index in [1.807, 2.05) is 14.0 Å². The lowest BCUT2D eigenvalue weighted by atomic mass is 9.91. The zero-order valence-electron chi connectivity index (χ0n) is 9.73. The molecule has 0 radical (unpaired) electrons. The van der Waals surface area contributed by atoms with Crippen LogP contribution in [0, 0.1) is 6.92 Å². The highest BCUT2D eigenvalue weighted by atomic mass is 16.3. The van der Waals surface area contributed by atoms with Crippen molar-refractivity contribution in [3.05, 3.63) is 29.3 Å². The quantitative estimate of drug-likeness (QED) is 0.829. The van der Waals surface area contributed by atoms with Gasteiger partial charge in [-0.25, -0.2) is 0 Å². The number of aryl methyl sites for hydroxylation is 1. The predicted molar refractivity (Wildman–Crippen MR) is 62.6 cm³/mol. The van der Waals surface area contributed by atoms with Crippen molar-refractivity contribution in [2.75, 3.05) is 7.05 Å². The Morgan fingerprint density at radius 2 is 2.12 bits per heavy atom. The van der Waals surface area contributed by atoms with Gasteiger partial charge in [0.05, 0.1) is 0 Å². The maximum absolute atomic E-state index is 12.1. The molecular weight excluding hydrogens is 202 g/mol. The van der Waals surface area contributed by atoms with Crippen LogP contribution in [0.25, 0.3) is 0 Å². The van der Waals surface area contributed by atoms with Gasteiger partial charge in [-0.05, 0) is 43.9 Å². The first-order valence-corrected chi connectivity index (χ1v) is 5.66. The molecular formula is C13H17NO2. The van der Waals surface area contributed by atoms with E-state index >= 15 is 0 Å². The van der Waals surface area contributed by atoms with Gasteiger partial charge in [0.25, 0.3) is 5.91 Å². The van der Waals surface area contributed by atoms with Crippen molar-refractivity contribution in [2.24, 2.45) is 0 Å². The summed E-state index contributed by atoms with van der Waals surface area (Å²) in [7, 11) is 1.84. The molecule has 1 fully saturated rings.